The smallest absolute Gasteiger partial charge is 0.243 e. The largest absolute Gasteiger partial charge is 0.348 e. The summed E-state index contributed by atoms with van der Waals surface area (Å²) in [6, 6.07) is -0.444. The predicted octanol–water partition coefficient (Wildman–Crippen LogP) is 1.65. The van der Waals surface area contributed by atoms with Crippen LogP contribution < -0.4 is 10.6 Å². The van der Waals surface area contributed by atoms with Crippen molar-refractivity contribution < 1.29 is 9.59 Å². The molecule has 1 fully saturated rings. The van der Waals surface area contributed by atoms with Crippen molar-refractivity contribution in [2.75, 3.05) is 5.75 Å². The number of hydrogen-bond donors (Lipinski definition) is 2. The van der Waals surface area contributed by atoms with Gasteiger partial charge in [-0.2, -0.15) is 0 Å². The molecule has 2 heterocycles. The highest BCUT2D eigenvalue weighted by molar-refractivity contribution is 8.01. The maximum absolute atomic E-state index is 12.2. The quantitative estimate of drug-likeness (QED) is 0.878. The summed E-state index contributed by atoms with van der Waals surface area (Å²) >= 11 is 3.23. The van der Waals surface area contributed by atoms with E-state index in [-0.39, 0.29) is 11.8 Å². The van der Waals surface area contributed by atoms with Crippen LogP contribution in [0, 0.1) is 0 Å². The molecule has 0 aromatic carbocycles. The molecular weight excluding hydrogens is 318 g/mol. The Kier molecular flexibility index (Phi) is 4.45. The van der Waals surface area contributed by atoms with Crippen molar-refractivity contribution in [3.05, 3.63) is 15.6 Å². The highest BCUT2D eigenvalue weighted by Gasteiger charge is 2.37. The molecule has 2 amide bonds. The van der Waals surface area contributed by atoms with Crippen LogP contribution >= 0.6 is 23.1 Å². The van der Waals surface area contributed by atoms with Gasteiger partial charge >= 0.3 is 0 Å². The molecule has 1 saturated heterocycles. The molecule has 5 nitrogen and oxygen atoms in total. The summed E-state index contributed by atoms with van der Waals surface area (Å²) in [7, 11) is 0. The van der Waals surface area contributed by atoms with Crippen LogP contribution in [0.4, 0.5) is 0 Å². The van der Waals surface area contributed by atoms with Crippen LogP contribution in [0.25, 0.3) is 0 Å². The number of amides is 2. The van der Waals surface area contributed by atoms with Crippen molar-refractivity contribution in [1.29, 1.82) is 0 Å². The fourth-order valence-corrected chi connectivity index (χ4v) is 4.74. The molecule has 3 rings (SSSR count). The molecule has 1 atom stereocenters. The highest BCUT2D eigenvalue weighted by Crippen LogP contribution is 2.29. The van der Waals surface area contributed by atoms with E-state index in [0.29, 0.717) is 12.3 Å². The van der Waals surface area contributed by atoms with Crippen LogP contribution in [0.15, 0.2) is 0 Å². The summed E-state index contributed by atoms with van der Waals surface area (Å²) in [6.07, 6.45) is 4.63. The second-order valence-electron chi connectivity index (χ2n) is 6.25. The Morgan fingerprint density at radius 2 is 2.18 bits per heavy atom. The zero-order valence-corrected chi connectivity index (χ0v) is 14.5. The molecule has 0 saturated carbocycles. The van der Waals surface area contributed by atoms with Crippen LogP contribution in [0.5, 0.6) is 0 Å². The number of thioether (sulfide) groups is 1. The third-order valence-electron chi connectivity index (χ3n) is 4.08. The van der Waals surface area contributed by atoms with Crippen molar-refractivity contribution in [2.45, 2.75) is 56.9 Å². The van der Waals surface area contributed by atoms with Gasteiger partial charge in [0, 0.05) is 10.6 Å². The first-order chi connectivity index (χ1) is 10.5. The zero-order chi connectivity index (χ0) is 15.7. The Morgan fingerprint density at radius 3 is 2.91 bits per heavy atom. The van der Waals surface area contributed by atoms with E-state index >= 15 is 0 Å². The molecular formula is C15H21N3O2S2. The van der Waals surface area contributed by atoms with Crippen LogP contribution in [0.3, 0.4) is 0 Å². The summed E-state index contributed by atoms with van der Waals surface area (Å²) in [6.45, 7) is 4.21. The maximum Gasteiger partial charge on any atom is 0.243 e. The Labute approximate surface area is 138 Å². The minimum atomic E-state index is -0.453. The van der Waals surface area contributed by atoms with Gasteiger partial charge < -0.3 is 10.6 Å². The van der Waals surface area contributed by atoms with E-state index in [2.05, 4.69) is 15.6 Å². The molecule has 1 aromatic rings. The minimum Gasteiger partial charge on any atom is -0.348 e. The summed E-state index contributed by atoms with van der Waals surface area (Å²) in [5.41, 5.74) is 1.21. The van der Waals surface area contributed by atoms with Gasteiger partial charge in [-0.1, -0.05) is 0 Å². The lowest BCUT2D eigenvalue weighted by atomic mass is 10.0. The van der Waals surface area contributed by atoms with Gasteiger partial charge in [0.1, 0.15) is 11.0 Å². The van der Waals surface area contributed by atoms with Gasteiger partial charge in [0.2, 0.25) is 11.8 Å². The van der Waals surface area contributed by atoms with E-state index in [1.807, 2.05) is 13.8 Å². The Bertz CT molecular complexity index is 574. The first-order valence-electron chi connectivity index (χ1n) is 7.66. The monoisotopic (exact) mass is 339 g/mol. The van der Waals surface area contributed by atoms with Crippen molar-refractivity contribution >= 4 is 34.9 Å². The number of fused-ring (bicyclic) bond motifs is 1. The fraction of sp³-hybridized carbons (Fsp3) is 0.667. The SMILES string of the molecule is CC1(C)SC[C@H](C(=O)NCc2nc3c(s2)CCCC3)NC1=O. The Hall–Kier alpha value is -1.08. The molecule has 2 N–H and O–H groups in total. The molecule has 2 aliphatic rings. The molecule has 22 heavy (non-hydrogen) atoms. The summed E-state index contributed by atoms with van der Waals surface area (Å²) in [4.78, 5) is 30.1. The van der Waals surface area contributed by atoms with Gasteiger partial charge in [-0.3, -0.25) is 9.59 Å². The van der Waals surface area contributed by atoms with Gasteiger partial charge in [0.25, 0.3) is 0 Å². The van der Waals surface area contributed by atoms with Gasteiger partial charge in [-0.25, -0.2) is 4.98 Å². The lowest BCUT2D eigenvalue weighted by Crippen LogP contribution is -2.57. The summed E-state index contributed by atoms with van der Waals surface area (Å²) in [5, 5.41) is 6.68. The number of carbonyl (C=O) groups is 2. The van der Waals surface area contributed by atoms with Gasteiger partial charge in [0.15, 0.2) is 0 Å². The van der Waals surface area contributed by atoms with Crippen molar-refractivity contribution in [1.82, 2.24) is 15.6 Å². The number of carbonyl (C=O) groups excluding carboxylic acids is 2. The van der Waals surface area contributed by atoms with E-state index in [4.69, 9.17) is 0 Å². The number of aromatic nitrogens is 1. The minimum absolute atomic E-state index is 0.0754. The van der Waals surface area contributed by atoms with Gasteiger partial charge in [-0.15, -0.1) is 23.1 Å². The van der Waals surface area contributed by atoms with Crippen molar-refractivity contribution in [3.63, 3.8) is 0 Å². The third kappa shape index (κ3) is 3.30. The molecule has 1 aliphatic carbocycles. The average molecular weight is 339 g/mol. The summed E-state index contributed by atoms with van der Waals surface area (Å²) in [5.74, 6) is 0.414. The highest BCUT2D eigenvalue weighted by atomic mass is 32.2. The van der Waals surface area contributed by atoms with Gasteiger partial charge in [0.05, 0.1) is 17.0 Å². The average Bonchev–Trinajstić information content (AvgIpc) is 2.90. The summed E-state index contributed by atoms with van der Waals surface area (Å²) < 4.78 is -0.453. The predicted molar refractivity (Wildman–Crippen MR) is 89.1 cm³/mol. The first kappa shape index (κ1) is 15.8. The molecule has 7 heteroatoms. The second-order valence-corrected chi connectivity index (χ2v) is 9.06. The number of thiazole rings is 1. The molecule has 0 unspecified atom stereocenters. The topological polar surface area (TPSA) is 71.1 Å². The lowest BCUT2D eigenvalue weighted by Gasteiger charge is -2.32. The van der Waals surface area contributed by atoms with Crippen molar-refractivity contribution in [2.24, 2.45) is 0 Å². The number of hydrogen-bond acceptors (Lipinski definition) is 5. The standard InChI is InChI=1S/C15H21N3O2S2/c1-15(2)14(20)18-10(8-21-15)13(19)16-7-12-17-9-5-3-4-6-11(9)22-12/h10H,3-8H2,1-2H3,(H,16,19)(H,18,20)/t10-/m1/s1. The molecule has 120 valence electrons. The number of aryl methyl sites for hydroxylation is 2. The normalized spacial score (nSPS) is 23.5. The maximum atomic E-state index is 12.2. The number of nitrogens with one attached hydrogen (secondary N) is 2. The fourth-order valence-electron chi connectivity index (χ4n) is 2.64. The van der Waals surface area contributed by atoms with Crippen LogP contribution in [0.1, 0.15) is 42.3 Å². The van der Waals surface area contributed by atoms with E-state index in [1.54, 1.807) is 11.3 Å². The number of rotatable bonds is 3. The van der Waals surface area contributed by atoms with E-state index in [1.165, 1.54) is 35.2 Å². The molecule has 0 spiro atoms. The molecule has 1 aromatic heterocycles. The Morgan fingerprint density at radius 1 is 1.41 bits per heavy atom. The van der Waals surface area contributed by atoms with E-state index in [0.717, 1.165) is 17.8 Å². The molecule has 0 bridgehead atoms. The second kappa shape index (κ2) is 6.20. The van der Waals surface area contributed by atoms with E-state index in [9.17, 15) is 9.59 Å². The van der Waals surface area contributed by atoms with Crippen LogP contribution in [-0.2, 0) is 29.0 Å². The molecule has 0 radical (unpaired) electrons. The lowest BCUT2D eigenvalue weighted by molar-refractivity contribution is -0.129. The van der Waals surface area contributed by atoms with E-state index < -0.39 is 10.8 Å². The zero-order valence-electron chi connectivity index (χ0n) is 12.9. The Balaban J connectivity index is 1.54. The van der Waals surface area contributed by atoms with Crippen molar-refractivity contribution in [3.8, 4) is 0 Å². The van der Waals surface area contributed by atoms with Crippen LogP contribution in [-0.4, -0.2) is 33.3 Å². The van der Waals surface area contributed by atoms with Gasteiger partial charge in [-0.05, 0) is 39.5 Å². The van der Waals surface area contributed by atoms with Crippen LogP contribution in [0.2, 0.25) is 0 Å². The first-order valence-corrected chi connectivity index (χ1v) is 9.46. The third-order valence-corrected chi connectivity index (χ3v) is 6.65. The number of nitrogens with zero attached hydrogens (tertiary/aromatic N) is 1. The molecule has 1 aliphatic heterocycles.